The number of nitrogens with one attached hydrogen (secondary N) is 1. The Hall–Kier alpha value is -2.45. The van der Waals surface area contributed by atoms with E-state index in [1.165, 1.54) is 0 Å². The van der Waals surface area contributed by atoms with Crippen LogP contribution in [0, 0.1) is 16.7 Å². The largest absolute Gasteiger partial charge is 0.396 e. The van der Waals surface area contributed by atoms with E-state index in [9.17, 15) is 5.11 Å². The van der Waals surface area contributed by atoms with Gasteiger partial charge in [-0.1, -0.05) is 44.2 Å². The predicted molar refractivity (Wildman–Crippen MR) is 85.3 cm³/mol. The Morgan fingerprint density at radius 3 is 2.45 bits per heavy atom. The van der Waals surface area contributed by atoms with Crippen molar-refractivity contribution < 1.29 is 5.11 Å². The first-order valence-corrected chi connectivity index (χ1v) is 7.20. The molecule has 0 bridgehead atoms. The van der Waals surface area contributed by atoms with Gasteiger partial charge in [0.25, 0.3) is 0 Å². The van der Waals surface area contributed by atoms with Crippen LogP contribution < -0.4 is 5.32 Å². The molecule has 0 aliphatic rings. The third-order valence-corrected chi connectivity index (χ3v) is 3.82. The van der Waals surface area contributed by atoms with Gasteiger partial charge in [-0.15, -0.1) is 10.2 Å². The smallest absolute Gasteiger partial charge is 0.163 e. The molecule has 1 aromatic carbocycles. The molecule has 0 saturated heterocycles. The highest BCUT2D eigenvalue weighted by atomic mass is 16.3. The molecule has 1 unspecified atom stereocenters. The maximum atomic E-state index is 9.70. The first kappa shape index (κ1) is 15.9. The van der Waals surface area contributed by atoms with Gasteiger partial charge in [-0.25, -0.2) is 0 Å². The molecule has 1 aromatic heterocycles. The zero-order valence-electron chi connectivity index (χ0n) is 12.8. The molecule has 22 heavy (non-hydrogen) atoms. The third-order valence-electron chi connectivity index (χ3n) is 3.82. The molecule has 0 aliphatic carbocycles. The van der Waals surface area contributed by atoms with Crippen LogP contribution in [0.15, 0.2) is 42.5 Å². The van der Waals surface area contributed by atoms with Crippen LogP contribution in [0.1, 0.15) is 31.0 Å². The number of benzene rings is 1. The lowest BCUT2D eigenvalue weighted by Crippen LogP contribution is -2.31. The number of aliphatic hydroxyl groups excluding tert-OH is 1. The van der Waals surface area contributed by atoms with E-state index in [0.717, 1.165) is 5.56 Å². The average molecular weight is 296 g/mol. The number of aliphatic hydroxyl groups is 1. The molecule has 1 atom stereocenters. The van der Waals surface area contributed by atoms with E-state index in [1.807, 2.05) is 38.1 Å². The van der Waals surface area contributed by atoms with Gasteiger partial charge in [0.05, 0.1) is 0 Å². The number of nitriles is 1. The lowest BCUT2D eigenvalue weighted by Gasteiger charge is -2.33. The summed E-state index contributed by atoms with van der Waals surface area (Å²) < 4.78 is 0. The minimum Gasteiger partial charge on any atom is -0.396 e. The van der Waals surface area contributed by atoms with Gasteiger partial charge < -0.3 is 10.4 Å². The zero-order valence-corrected chi connectivity index (χ0v) is 12.8. The maximum Gasteiger partial charge on any atom is 0.163 e. The zero-order chi connectivity index (χ0) is 16.0. The van der Waals surface area contributed by atoms with E-state index in [1.54, 1.807) is 12.1 Å². The fourth-order valence-corrected chi connectivity index (χ4v) is 2.33. The fraction of sp³-hybridized carbons (Fsp3) is 0.353. The number of hydrogen-bond acceptors (Lipinski definition) is 5. The molecule has 2 rings (SSSR count). The van der Waals surface area contributed by atoms with Crippen LogP contribution >= 0.6 is 0 Å². The van der Waals surface area contributed by atoms with Crippen molar-refractivity contribution in [1.29, 1.82) is 5.26 Å². The van der Waals surface area contributed by atoms with Gasteiger partial charge in [0.1, 0.15) is 11.9 Å². The van der Waals surface area contributed by atoms with Crippen molar-refractivity contribution in [2.24, 2.45) is 5.41 Å². The number of rotatable bonds is 6. The van der Waals surface area contributed by atoms with Crippen LogP contribution in [-0.2, 0) is 0 Å². The van der Waals surface area contributed by atoms with Gasteiger partial charge in [-0.3, -0.25) is 0 Å². The summed E-state index contributed by atoms with van der Waals surface area (Å²) >= 11 is 0. The molecular formula is C17H20N4O. The van der Waals surface area contributed by atoms with Gasteiger partial charge in [0.15, 0.2) is 5.69 Å². The summed E-state index contributed by atoms with van der Waals surface area (Å²) in [7, 11) is 0. The van der Waals surface area contributed by atoms with E-state index < -0.39 is 0 Å². The summed E-state index contributed by atoms with van der Waals surface area (Å²) in [5, 5.41) is 29.5. The highest BCUT2D eigenvalue weighted by Crippen LogP contribution is 2.35. The number of nitrogens with zero attached hydrogens (tertiary/aromatic N) is 3. The molecule has 2 N–H and O–H groups in total. The van der Waals surface area contributed by atoms with Crippen LogP contribution in [0.4, 0.5) is 5.82 Å². The van der Waals surface area contributed by atoms with Crippen molar-refractivity contribution in [1.82, 2.24) is 10.2 Å². The van der Waals surface area contributed by atoms with Crippen molar-refractivity contribution in [3.63, 3.8) is 0 Å². The highest BCUT2D eigenvalue weighted by molar-refractivity contribution is 5.36. The van der Waals surface area contributed by atoms with Crippen molar-refractivity contribution >= 4 is 5.82 Å². The van der Waals surface area contributed by atoms with Crippen LogP contribution in [-0.4, -0.2) is 28.5 Å². The van der Waals surface area contributed by atoms with Gasteiger partial charge in [0.2, 0.25) is 0 Å². The molecule has 0 amide bonds. The lowest BCUT2D eigenvalue weighted by atomic mass is 9.75. The molecule has 0 aliphatic heterocycles. The molecule has 0 spiro atoms. The summed E-state index contributed by atoms with van der Waals surface area (Å²) in [5.41, 5.74) is 1.19. The molecule has 0 radical (unpaired) electrons. The number of anilines is 1. The Morgan fingerprint density at radius 2 is 1.91 bits per heavy atom. The van der Waals surface area contributed by atoms with E-state index >= 15 is 0 Å². The van der Waals surface area contributed by atoms with E-state index in [0.29, 0.717) is 18.1 Å². The lowest BCUT2D eigenvalue weighted by molar-refractivity contribution is 0.134. The van der Waals surface area contributed by atoms with E-state index in [-0.39, 0.29) is 17.9 Å². The van der Waals surface area contributed by atoms with Crippen molar-refractivity contribution in [2.45, 2.75) is 19.8 Å². The molecule has 5 heteroatoms. The topological polar surface area (TPSA) is 81.8 Å². The van der Waals surface area contributed by atoms with Crippen LogP contribution in [0.25, 0.3) is 0 Å². The normalized spacial score (nSPS) is 12.5. The number of aromatic nitrogens is 2. The second-order valence-electron chi connectivity index (χ2n) is 5.91. The minimum atomic E-state index is -0.269. The average Bonchev–Trinajstić information content (AvgIpc) is 2.56. The molecule has 1 heterocycles. The summed E-state index contributed by atoms with van der Waals surface area (Å²) in [6.07, 6.45) is 0. The molecule has 2 aromatic rings. The summed E-state index contributed by atoms with van der Waals surface area (Å²) in [6.45, 7) is 4.79. The Labute approximate surface area is 130 Å². The Balaban J connectivity index is 2.15. The van der Waals surface area contributed by atoms with Gasteiger partial charge in [-0.05, 0) is 23.1 Å². The Morgan fingerprint density at radius 1 is 1.18 bits per heavy atom. The van der Waals surface area contributed by atoms with E-state index in [2.05, 4.69) is 27.6 Å². The molecule has 0 fully saturated rings. The van der Waals surface area contributed by atoms with Crippen LogP contribution in [0.2, 0.25) is 0 Å². The van der Waals surface area contributed by atoms with Crippen molar-refractivity contribution in [3.05, 3.63) is 53.7 Å². The predicted octanol–water partition coefficient (Wildman–Crippen LogP) is 2.56. The maximum absolute atomic E-state index is 9.70. The van der Waals surface area contributed by atoms with Crippen LogP contribution in [0.5, 0.6) is 0 Å². The minimum absolute atomic E-state index is 0.0906. The first-order valence-electron chi connectivity index (χ1n) is 7.20. The standard InChI is InChI=1S/C17H20N4O/c1-17(2,12-22)15(13-6-4-3-5-7-13)11-19-16-9-8-14(10-18)20-21-16/h3-9,15,22H,11-12H2,1-2H3,(H,19,21). The quantitative estimate of drug-likeness (QED) is 0.856. The van der Waals surface area contributed by atoms with Crippen molar-refractivity contribution in [3.8, 4) is 6.07 Å². The number of hydrogen-bond donors (Lipinski definition) is 2. The molecule has 0 saturated carbocycles. The fourth-order valence-electron chi connectivity index (χ4n) is 2.33. The summed E-state index contributed by atoms with van der Waals surface area (Å²) in [6, 6.07) is 15.4. The van der Waals surface area contributed by atoms with Gasteiger partial charge in [-0.2, -0.15) is 5.26 Å². The van der Waals surface area contributed by atoms with Crippen LogP contribution in [0.3, 0.4) is 0 Å². The van der Waals surface area contributed by atoms with Crippen molar-refractivity contribution in [2.75, 3.05) is 18.5 Å². The Kier molecular flexibility index (Phi) is 5.08. The first-order chi connectivity index (χ1) is 10.6. The molecular weight excluding hydrogens is 276 g/mol. The van der Waals surface area contributed by atoms with Gasteiger partial charge in [0, 0.05) is 19.1 Å². The monoisotopic (exact) mass is 296 g/mol. The van der Waals surface area contributed by atoms with Gasteiger partial charge >= 0.3 is 0 Å². The Bertz CT molecular complexity index is 632. The molecule has 5 nitrogen and oxygen atoms in total. The second-order valence-corrected chi connectivity index (χ2v) is 5.91. The highest BCUT2D eigenvalue weighted by Gasteiger charge is 2.30. The summed E-state index contributed by atoms with van der Waals surface area (Å²) in [4.78, 5) is 0. The van der Waals surface area contributed by atoms with E-state index in [4.69, 9.17) is 5.26 Å². The second kappa shape index (κ2) is 7.01. The summed E-state index contributed by atoms with van der Waals surface area (Å²) in [5.74, 6) is 0.741. The molecule has 114 valence electrons. The third kappa shape index (κ3) is 3.80. The SMILES string of the molecule is CC(C)(CO)C(CNc1ccc(C#N)nn1)c1ccccc1.